The number of hydrogen-bond donors (Lipinski definition) is 3. The number of hydrogen-bond acceptors (Lipinski definition) is 5. The highest BCUT2D eigenvalue weighted by atomic mass is 35.5. The molecule has 0 radical (unpaired) electrons. The minimum Gasteiger partial charge on any atom is -0.399 e. The van der Waals surface area contributed by atoms with Crippen LogP contribution in [0.2, 0.25) is 5.02 Å². The predicted molar refractivity (Wildman–Crippen MR) is 65.6 cm³/mol. The van der Waals surface area contributed by atoms with Gasteiger partial charge in [-0.1, -0.05) is 11.6 Å². The topological polar surface area (TPSA) is 132 Å². The number of amides is 3. The van der Waals surface area contributed by atoms with Gasteiger partial charge in [-0.15, -0.1) is 0 Å². The van der Waals surface area contributed by atoms with E-state index in [-0.39, 0.29) is 9.92 Å². The van der Waals surface area contributed by atoms with E-state index in [1.807, 2.05) is 0 Å². The molecule has 0 aliphatic carbocycles. The number of nitrogens with one attached hydrogen (secondary N) is 1. The molecule has 0 spiro atoms. The predicted octanol–water partition coefficient (Wildman–Crippen LogP) is -0.109. The summed E-state index contributed by atoms with van der Waals surface area (Å²) in [4.78, 5) is 21.3. The number of carbonyl (C=O) groups excluding carboxylic acids is 2. The first-order valence-corrected chi connectivity index (χ1v) is 6.62. The lowest BCUT2D eigenvalue weighted by Crippen LogP contribution is -2.38. The zero-order chi connectivity index (χ0) is 13.9. The van der Waals surface area contributed by atoms with Crippen molar-refractivity contribution in [3.63, 3.8) is 0 Å². The Hall–Kier alpha value is -1.80. The summed E-state index contributed by atoms with van der Waals surface area (Å²) in [5, 5.41) is 1.56. The average Bonchev–Trinajstić information content (AvgIpc) is 2.13. The third-order valence-electron chi connectivity index (χ3n) is 1.87. The fraction of sp³-hybridized carbons (Fsp3) is 0.111. The standard InChI is InChI=1S/C9H10ClN3O4S/c10-6-3-5(11)1-2-7(6)18(16,17)4-8(14)13-9(12)15/h1-3H,4,11H2,(H3,12,13,14,15). The van der Waals surface area contributed by atoms with Gasteiger partial charge in [0.25, 0.3) is 0 Å². The molecule has 0 saturated heterocycles. The van der Waals surface area contributed by atoms with Gasteiger partial charge >= 0.3 is 6.03 Å². The third kappa shape index (κ3) is 3.60. The van der Waals surface area contributed by atoms with Crippen LogP contribution in [0.4, 0.5) is 10.5 Å². The number of anilines is 1. The molecule has 9 heteroatoms. The number of carbonyl (C=O) groups is 2. The molecule has 0 unspecified atom stereocenters. The van der Waals surface area contributed by atoms with Crippen molar-refractivity contribution in [2.24, 2.45) is 5.73 Å². The van der Waals surface area contributed by atoms with Crippen molar-refractivity contribution in [3.05, 3.63) is 23.2 Å². The van der Waals surface area contributed by atoms with E-state index in [9.17, 15) is 18.0 Å². The Morgan fingerprint density at radius 3 is 2.44 bits per heavy atom. The van der Waals surface area contributed by atoms with Crippen LogP contribution in [0.25, 0.3) is 0 Å². The molecular formula is C9H10ClN3O4S. The summed E-state index contributed by atoms with van der Waals surface area (Å²) >= 11 is 5.72. The van der Waals surface area contributed by atoms with Gasteiger partial charge in [0.05, 0.1) is 9.92 Å². The first kappa shape index (κ1) is 14.3. The van der Waals surface area contributed by atoms with Gasteiger partial charge in [0.2, 0.25) is 5.91 Å². The highest BCUT2D eigenvalue weighted by Crippen LogP contribution is 2.24. The molecule has 7 nitrogen and oxygen atoms in total. The second-order valence-corrected chi connectivity index (χ2v) is 5.73. The summed E-state index contributed by atoms with van der Waals surface area (Å²) in [7, 11) is -3.96. The Balaban J connectivity index is 3.00. The van der Waals surface area contributed by atoms with E-state index in [1.165, 1.54) is 18.2 Å². The lowest BCUT2D eigenvalue weighted by Gasteiger charge is -2.06. The number of urea groups is 1. The lowest BCUT2D eigenvalue weighted by atomic mass is 10.3. The first-order chi connectivity index (χ1) is 8.22. The average molecular weight is 292 g/mol. The molecule has 0 aliphatic rings. The molecule has 98 valence electrons. The van der Waals surface area contributed by atoms with E-state index in [1.54, 1.807) is 5.32 Å². The largest absolute Gasteiger partial charge is 0.399 e. The van der Waals surface area contributed by atoms with E-state index in [0.29, 0.717) is 5.69 Å². The van der Waals surface area contributed by atoms with Crippen LogP contribution in [0, 0.1) is 0 Å². The minimum absolute atomic E-state index is 0.0955. The minimum atomic E-state index is -3.96. The SMILES string of the molecule is NC(=O)NC(=O)CS(=O)(=O)c1ccc(N)cc1Cl. The summed E-state index contributed by atoms with van der Waals surface area (Å²) in [6.07, 6.45) is 0. The number of nitrogen functional groups attached to an aromatic ring is 1. The molecule has 18 heavy (non-hydrogen) atoms. The van der Waals surface area contributed by atoms with Gasteiger partial charge in [0.1, 0.15) is 5.75 Å². The van der Waals surface area contributed by atoms with Crippen LogP contribution in [0.15, 0.2) is 23.1 Å². The highest BCUT2D eigenvalue weighted by molar-refractivity contribution is 7.92. The summed E-state index contributed by atoms with van der Waals surface area (Å²) in [5.41, 5.74) is 10.4. The van der Waals surface area contributed by atoms with E-state index < -0.39 is 27.5 Å². The second-order valence-electron chi connectivity index (χ2n) is 3.36. The van der Waals surface area contributed by atoms with Crippen molar-refractivity contribution in [1.29, 1.82) is 0 Å². The van der Waals surface area contributed by atoms with Crippen molar-refractivity contribution in [1.82, 2.24) is 5.32 Å². The van der Waals surface area contributed by atoms with Crippen molar-refractivity contribution in [3.8, 4) is 0 Å². The van der Waals surface area contributed by atoms with Gasteiger partial charge < -0.3 is 11.5 Å². The summed E-state index contributed by atoms with van der Waals surface area (Å²) in [6, 6.07) is 2.65. The molecule has 0 aliphatic heterocycles. The molecule has 0 fully saturated rings. The molecule has 3 amide bonds. The Bertz CT molecular complexity index is 600. The Morgan fingerprint density at radius 2 is 1.94 bits per heavy atom. The van der Waals surface area contributed by atoms with Gasteiger partial charge in [0.15, 0.2) is 9.84 Å². The third-order valence-corrected chi connectivity index (χ3v) is 3.97. The van der Waals surface area contributed by atoms with Crippen molar-refractivity contribution in [2.45, 2.75) is 4.90 Å². The normalized spacial score (nSPS) is 10.9. The van der Waals surface area contributed by atoms with E-state index in [4.69, 9.17) is 23.1 Å². The second kappa shape index (κ2) is 5.23. The quantitative estimate of drug-likeness (QED) is 0.668. The Kier molecular flexibility index (Phi) is 4.15. The van der Waals surface area contributed by atoms with E-state index in [0.717, 1.165) is 0 Å². The van der Waals surface area contributed by atoms with Gasteiger partial charge in [-0.25, -0.2) is 13.2 Å². The number of imide groups is 1. The number of sulfone groups is 1. The van der Waals surface area contributed by atoms with Crippen LogP contribution in [0.5, 0.6) is 0 Å². The summed E-state index contributed by atoms with van der Waals surface area (Å²) in [5.74, 6) is -1.96. The molecule has 0 saturated carbocycles. The number of primary amides is 1. The molecule has 1 aromatic carbocycles. The van der Waals surface area contributed by atoms with Crippen LogP contribution < -0.4 is 16.8 Å². The number of benzene rings is 1. The maximum absolute atomic E-state index is 11.8. The Morgan fingerprint density at radius 1 is 1.33 bits per heavy atom. The smallest absolute Gasteiger partial charge is 0.318 e. The summed E-state index contributed by atoms with van der Waals surface area (Å²) in [6.45, 7) is 0. The van der Waals surface area contributed by atoms with Crippen molar-refractivity contribution in [2.75, 3.05) is 11.5 Å². The van der Waals surface area contributed by atoms with E-state index in [2.05, 4.69) is 0 Å². The summed E-state index contributed by atoms with van der Waals surface area (Å²) < 4.78 is 23.6. The monoisotopic (exact) mass is 291 g/mol. The van der Waals surface area contributed by atoms with Crippen LogP contribution in [-0.4, -0.2) is 26.1 Å². The zero-order valence-corrected chi connectivity index (χ0v) is 10.6. The van der Waals surface area contributed by atoms with Gasteiger partial charge in [-0.3, -0.25) is 10.1 Å². The molecule has 1 rings (SSSR count). The number of nitrogens with two attached hydrogens (primary N) is 2. The number of halogens is 1. The fourth-order valence-electron chi connectivity index (χ4n) is 1.19. The number of rotatable bonds is 3. The lowest BCUT2D eigenvalue weighted by molar-refractivity contribution is -0.117. The first-order valence-electron chi connectivity index (χ1n) is 4.59. The highest BCUT2D eigenvalue weighted by Gasteiger charge is 2.22. The molecular weight excluding hydrogens is 282 g/mol. The van der Waals surface area contributed by atoms with Crippen LogP contribution in [-0.2, 0) is 14.6 Å². The zero-order valence-electron chi connectivity index (χ0n) is 9.01. The van der Waals surface area contributed by atoms with Crippen LogP contribution in [0.1, 0.15) is 0 Å². The molecule has 5 N–H and O–H groups in total. The maximum atomic E-state index is 11.8. The van der Waals surface area contributed by atoms with Gasteiger partial charge in [-0.05, 0) is 18.2 Å². The Labute approximate surface area is 108 Å². The molecule has 0 aromatic heterocycles. The van der Waals surface area contributed by atoms with Crippen LogP contribution in [0.3, 0.4) is 0 Å². The molecule has 0 heterocycles. The van der Waals surface area contributed by atoms with Crippen molar-refractivity contribution >= 4 is 39.1 Å². The van der Waals surface area contributed by atoms with Gasteiger partial charge in [-0.2, -0.15) is 0 Å². The van der Waals surface area contributed by atoms with Gasteiger partial charge in [0, 0.05) is 5.69 Å². The molecule has 1 aromatic rings. The fourth-order valence-corrected chi connectivity index (χ4v) is 2.94. The maximum Gasteiger partial charge on any atom is 0.318 e. The molecule has 0 bridgehead atoms. The van der Waals surface area contributed by atoms with Crippen molar-refractivity contribution < 1.29 is 18.0 Å². The van der Waals surface area contributed by atoms with Crippen LogP contribution >= 0.6 is 11.6 Å². The molecule has 0 atom stereocenters. The van der Waals surface area contributed by atoms with E-state index >= 15 is 0 Å².